The van der Waals surface area contributed by atoms with E-state index in [0.29, 0.717) is 16.2 Å². The summed E-state index contributed by atoms with van der Waals surface area (Å²) in [4.78, 5) is 6.84. The van der Waals surface area contributed by atoms with Crippen molar-refractivity contribution >= 4 is 67.1 Å². The average molecular weight is 476 g/mol. The number of para-hydroxylation sites is 1. The van der Waals surface area contributed by atoms with Gasteiger partial charge in [0.1, 0.15) is 0 Å². The highest BCUT2D eigenvalue weighted by molar-refractivity contribution is 9.10. The van der Waals surface area contributed by atoms with Crippen molar-refractivity contribution in [1.82, 2.24) is 10.3 Å². The Morgan fingerprint density at radius 3 is 2.71 bits per heavy atom. The van der Waals surface area contributed by atoms with E-state index in [4.69, 9.17) is 23.8 Å². The number of pyridine rings is 1. The van der Waals surface area contributed by atoms with Gasteiger partial charge in [-0.15, -0.1) is 0 Å². The van der Waals surface area contributed by atoms with Crippen LogP contribution in [0.1, 0.15) is 12.8 Å². The highest BCUT2D eigenvalue weighted by Crippen LogP contribution is 2.31. The van der Waals surface area contributed by atoms with E-state index >= 15 is 0 Å². The van der Waals surface area contributed by atoms with Gasteiger partial charge in [0.05, 0.1) is 10.5 Å². The van der Waals surface area contributed by atoms with Crippen LogP contribution in [0.4, 0.5) is 11.4 Å². The predicted molar refractivity (Wildman–Crippen MR) is 125 cm³/mol. The monoisotopic (exact) mass is 474 g/mol. The molecule has 1 aliphatic rings. The zero-order chi connectivity index (χ0) is 19.5. The maximum Gasteiger partial charge on any atom is 0.170 e. The lowest BCUT2D eigenvalue weighted by Crippen LogP contribution is -2.46. The smallest absolute Gasteiger partial charge is 0.170 e. The van der Waals surface area contributed by atoms with Crippen LogP contribution in [-0.4, -0.2) is 29.2 Å². The molecule has 0 aliphatic carbocycles. The Balaban J connectivity index is 1.37. The molecule has 1 saturated heterocycles. The van der Waals surface area contributed by atoms with Crippen LogP contribution < -0.4 is 15.5 Å². The van der Waals surface area contributed by atoms with Crippen molar-refractivity contribution in [2.75, 3.05) is 23.3 Å². The zero-order valence-corrected chi connectivity index (χ0v) is 18.3. The maximum atomic E-state index is 6.31. The number of aromatic nitrogens is 1. The molecule has 28 heavy (non-hydrogen) atoms. The predicted octanol–water partition coefficient (Wildman–Crippen LogP) is 5.61. The van der Waals surface area contributed by atoms with Gasteiger partial charge in [0.25, 0.3) is 0 Å². The van der Waals surface area contributed by atoms with E-state index < -0.39 is 0 Å². The van der Waals surface area contributed by atoms with Gasteiger partial charge in [0, 0.05) is 46.6 Å². The lowest BCUT2D eigenvalue weighted by molar-refractivity contribution is 0.468. The third kappa shape index (κ3) is 4.40. The molecule has 0 atom stereocenters. The molecule has 2 heterocycles. The molecule has 4 rings (SSSR count). The first kappa shape index (κ1) is 19.4. The summed E-state index contributed by atoms with van der Waals surface area (Å²) in [7, 11) is 0. The summed E-state index contributed by atoms with van der Waals surface area (Å²) in [6.45, 7) is 1.92. The normalized spacial score (nSPS) is 14.9. The van der Waals surface area contributed by atoms with Crippen LogP contribution in [-0.2, 0) is 0 Å². The van der Waals surface area contributed by atoms with Crippen molar-refractivity contribution in [2.45, 2.75) is 18.9 Å². The summed E-state index contributed by atoms with van der Waals surface area (Å²) in [6.07, 6.45) is 3.88. The van der Waals surface area contributed by atoms with Gasteiger partial charge in [0.15, 0.2) is 5.11 Å². The highest BCUT2D eigenvalue weighted by Gasteiger charge is 2.21. The van der Waals surface area contributed by atoms with Gasteiger partial charge in [-0.2, -0.15) is 0 Å². The Bertz CT molecular complexity index is 1000. The van der Waals surface area contributed by atoms with E-state index in [1.807, 2.05) is 42.6 Å². The number of nitrogens with one attached hydrogen (secondary N) is 2. The fourth-order valence-electron chi connectivity index (χ4n) is 3.58. The molecule has 0 spiro atoms. The minimum atomic E-state index is 0.361. The molecule has 0 amide bonds. The molecule has 0 radical (unpaired) electrons. The van der Waals surface area contributed by atoms with Crippen molar-refractivity contribution < 1.29 is 0 Å². The average Bonchev–Trinajstić information content (AvgIpc) is 2.69. The van der Waals surface area contributed by atoms with Crippen LogP contribution in [0.3, 0.4) is 0 Å². The van der Waals surface area contributed by atoms with Crippen molar-refractivity contribution in [3.8, 4) is 0 Å². The van der Waals surface area contributed by atoms with E-state index in [0.717, 1.165) is 47.0 Å². The largest absolute Gasteiger partial charge is 0.371 e. The van der Waals surface area contributed by atoms with Crippen LogP contribution in [0.2, 0.25) is 5.02 Å². The van der Waals surface area contributed by atoms with Gasteiger partial charge >= 0.3 is 0 Å². The lowest BCUT2D eigenvalue weighted by atomic mass is 10.0. The van der Waals surface area contributed by atoms with Crippen LogP contribution in [0.25, 0.3) is 10.9 Å². The van der Waals surface area contributed by atoms with Crippen molar-refractivity contribution in [3.63, 3.8) is 0 Å². The first-order valence-corrected chi connectivity index (χ1v) is 10.8. The number of anilines is 2. The third-order valence-electron chi connectivity index (χ3n) is 4.95. The topological polar surface area (TPSA) is 40.2 Å². The van der Waals surface area contributed by atoms with Crippen LogP contribution in [0, 0.1) is 0 Å². The standard InChI is InChI=1S/C21H20BrClN4S/c22-14-3-1-4-16(13-14)26-21(28)25-15-8-11-27(12-9-15)19-7-10-24-20-17(19)5-2-6-18(20)23/h1-7,10,13,15H,8-9,11-12H2,(H2,25,26,28). The second-order valence-corrected chi connectivity index (χ2v) is 8.57. The molecule has 0 unspecified atom stereocenters. The Morgan fingerprint density at radius 1 is 1.14 bits per heavy atom. The molecule has 0 bridgehead atoms. The number of rotatable bonds is 3. The number of hydrogen-bond donors (Lipinski definition) is 2. The van der Waals surface area contributed by atoms with Crippen molar-refractivity contribution in [2.24, 2.45) is 0 Å². The lowest BCUT2D eigenvalue weighted by Gasteiger charge is -2.35. The summed E-state index contributed by atoms with van der Waals surface area (Å²) >= 11 is 15.3. The Morgan fingerprint density at radius 2 is 1.93 bits per heavy atom. The van der Waals surface area contributed by atoms with Gasteiger partial charge in [-0.05, 0) is 55.4 Å². The first-order chi connectivity index (χ1) is 13.6. The van der Waals surface area contributed by atoms with Crippen molar-refractivity contribution in [3.05, 3.63) is 64.2 Å². The summed E-state index contributed by atoms with van der Waals surface area (Å²) in [5.41, 5.74) is 3.03. The van der Waals surface area contributed by atoms with Crippen LogP contribution in [0.5, 0.6) is 0 Å². The van der Waals surface area contributed by atoms with Crippen LogP contribution in [0.15, 0.2) is 59.2 Å². The molecule has 1 aliphatic heterocycles. The summed E-state index contributed by atoms with van der Waals surface area (Å²) in [6, 6.07) is 16.4. The minimum absolute atomic E-state index is 0.361. The maximum absolute atomic E-state index is 6.31. The van der Waals surface area contributed by atoms with E-state index in [1.165, 1.54) is 5.69 Å². The molecule has 7 heteroatoms. The summed E-state index contributed by atoms with van der Waals surface area (Å²) in [5.74, 6) is 0. The molecule has 1 fully saturated rings. The molecule has 3 aromatic rings. The van der Waals surface area contributed by atoms with E-state index in [1.54, 1.807) is 0 Å². The highest BCUT2D eigenvalue weighted by atomic mass is 79.9. The number of nitrogens with zero attached hydrogens (tertiary/aromatic N) is 2. The summed E-state index contributed by atoms with van der Waals surface area (Å²) < 4.78 is 1.03. The number of halogens is 2. The van der Waals surface area contributed by atoms with Gasteiger partial charge < -0.3 is 15.5 Å². The third-order valence-corrected chi connectivity index (χ3v) is 5.97. The SMILES string of the molecule is S=C(Nc1cccc(Br)c1)NC1CCN(c2ccnc3c(Cl)cccc23)CC1. The molecular formula is C21H20BrClN4S. The molecular weight excluding hydrogens is 456 g/mol. The number of fused-ring (bicyclic) bond motifs is 1. The van der Waals surface area contributed by atoms with Crippen LogP contribution >= 0.6 is 39.7 Å². The number of piperidine rings is 1. The molecule has 1 aromatic heterocycles. The number of thiocarbonyl (C=S) groups is 1. The van der Waals surface area contributed by atoms with Gasteiger partial charge in [-0.25, -0.2) is 0 Å². The summed E-state index contributed by atoms with van der Waals surface area (Å²) in [5, 5.41) is 9.17. The fraction of sp³-hybridized carbons (Fsp3) is 0.238. The molecule has 144 valence electrons. The van der Waals surface area contributed by atoms with Gasteiger partial charge in [-0.3, -0.25) is 4.98 Å². The van der Waals surface area contributed by atoms with E-state index in [9.17, 15) is 0 Å². The molecule has 2 aromatic carbocycles. The Kier molecular flexibility index (Phi) is 5.99. The fourth-order valence-corrected chi connectivity index (χ4v) is 4.49. The number of benzene rings is 2. The first-order valence-electron chi connectivity index (χ1n) is 9.21. The molecule has 2 N–H and O–H groups in total. The van der Waals surface area contributed by atoms with Gasteiger partial charge in [-0.1, -0.05) is 45.7 Å². The van der Waals surface area contributed by atoms with Gasteiger partial charge in [0.2, 0.25) is 0 Å². The Labute approximate surface area is 183 Å². The van der Waals surface area contributed by atoms with Crippen molar-refractivity contribution in [1.29, 1.82) is 0 Å². The van der Waals surface area contributed by atoms with E-state index in [-0.39, 0.29) is 0 Å². The molecule has 4 nitrogen and oxygen atoms in total. The minimum Gasteiger partial charge on any atom is -0.371 e. The second-order valence-electron chi connectivity index (χ2n) is 6.84. The Hall–Kier alpha value is -1.89. The molecule has 0 saturated carbocycles. The van der Waals surface area contributed by atoms with E-state index in [2.05, 4.69) is 48.6 Å². The second kappa shape index (κ2) is 8.64. The quantitative estimate of drug-likeness (QED) is 0.482. The number of hydrogen-bond acceptors (Lipinski definition) is 3. The zero-order valence-electron chi connectivity index (χ0n) is 15.2.